The minimum absolute atomic E-state index is 0.0241. The van der Waals surface area contributed by atoms with E-state index in [1.807, 2.05) is 13.8 Å². The minimum atomic E-state index is -0.614. The van der Waals surface area contributed by atoms with Crippen LogP contribution in [0.4, 0.5) is 0 Å². The highest BCUT2D eigenvalue weighted by Gasteiger charge is 2.17. The van der Waals surface area contributed by atoms with Gasteiger partial charge in [-0.15, -0.1) is 0 Å². The van der Waals surface area contributed by atoms with Crippen LogP contribution in [0.25, 0.3) is 0 Å². The lowest BCUT2D eigenvalue weighted by Gasteiger charge is -2.15. The molecule has 0 aliphatic heterocycles. The van der Waals surface area contributed by atoms with Gasteiger partial charge in [-0.25, -0.2) is 5.48 Å². The Labute approximate surface area is 101 Å². The summed E-state index contributed by atoms with van der Waals surface area (Å²) < 4.78 is 4.72. The van der Waals surface area contributed by atoms with Gasteiger partial charge in [0.25, 0.3) is 5.91 Å². The molecule has 100 valence electrons. The standard InChI is InChI=1S/C10H21N3O4/c1-7(2)9(11)10(15)12-6-8(14)13-17-5-4-16-3/h7,9H,4-6,11H2,1-3H3,(H,12,15)(H,13,14)/t9-/m0/s1. The molecule has 0 rings (SSSR count). The highest BCUT2D eigenvalue weighted by Crippen LogP contribution is 1.97. The van der Waals surface area contributed by atoms with Crippen molar-refractivity contribution in [2.75, 3.05) is 26.9 Å². The van der Waals surface area contributed by atoms with Crippen LogP contribution >= 0.6 is 0 Å². The summed E-state index contributed by atoms with van der Waals surface area (Å²) in [6.45, 7) is 4.13. The fraction of sp³-hybridized carbons (Fsp3) is 0.800. The Hall–Kier alpha value is -1.18. The van der Waals surface area contributed by atoms with Crippen LogP contribution in [-0.2, 0) is 19.2 Å². The number of carbonyl (C=O) groups is 2. The smallest absolute Gasteiger partial charge is 0.262 e. The Morgan fingerprint density at radius 3 is 2.47 bits per heavy atom. The second-order valence-electron chi connectivity index (χ2n) is 3.85. The van der Waals surface area contributed by atoms with Crippen molar-refractivity contribution in [1.29, 1.82) is 0 Å². The summed E-state index contributed by atoms with van der Waals surface area (Å²) in [4.78, 5) is 27.3. The lowest BCUT2D eigenvalue weighted by atomic mass is 10.1. The van der Waals surface area contributed by atoms with E-state index in [1.54, 1.807) is 0 Å². The molecule has 0 aliphatic rings. The van der Waals surface area contributed by atoms with Crippen molar-refractivity contribution in [2.45, 2.75) is 19.9 Å². The van der Waals surface area contributed by atoms with E-state index in [-0.39, 0.29) is 25.0 Å². The van der Waals surface area contributed by atoms with E-state index in [9.17, 15) is 9.59 Å². The lowest BCUT2D eigenvalue weighted by molar-refractivity contribution is -0.136. The van der Waals surface area contributed by atoms with E-state index in [0.717, 1.165) is 0 Å². The second kappa shape index (κ2) is 8.91. The predicted octanol–water partition coefficient (Wildman–Crippen LogP) is -1.22. The van der Waals surface area contributed by atoms with Crippen molar-refractivity contribution in [2.24, 2.45) is 11.7 Å². The van der Waals surface area contributed by atoms with E-state index in [2.05, 4.69) is 10.8 Å². The first-order chi connectivity index (χ1) is 7.99. The minimum Gasteiger partial charge on any atom is -0.382 e. The van der Waals surface area contributed by atoms with E-state index in [4.69, 9.17) is 15.3 Å². The lowest BCUT2D eigenvalue weighted by Crippen LogP contribution is -2.47. The summed E-state index contributed by atoms with van der Waals surface area (Å²) in [7, 11) is 1.53. The zero-order chi connectivity index (χ0) is 13.3. The van der Waals surface area contributed by atoms with E-state index in [1.165, 1.54) is 7.11 Å². The summed E-state index contributed by atoms with van der Waals surface area (Å²) in [6.07, 6.45) is 0. The van der Waals surface area contributed by atoms with Crippen molar-refractivity contribution in [1.82, 2.24) is 10.8 Å². The number of ether oxygens (including phenoxy) is 1. The van der Waals surface area contributed by atoms with Crippen molar-refractivity contribution in [3.05, 3.63) is 0 Å². The van der Waals surface area contributed by atoms with Crippen LogP contribution in [0.3, 0.4) is 0 Å². The highest BCUT2D eigenvalue weighted by molar-refractivity contribution is 5.87. The zero-order valence-electron chi connectivity index (χ0n) is 10.5. The summed E-state index contributed by atoms with van der Waals surface area (Å²) in [5, 5.41) is 2.42. The van der Waals surface area contributed by atoms with Crippen LogP contribution in [0.2, 0.25) is 0 Å². The Kier molecular flexibility index (Phi) is 8.29. The van der Waals surface area contributed by atoms with Crippen molar-refractivity contribution < 1.29 is 19.2 Å². The first-order valence-corrected chi connectivity index (χ1v) is 5.42. The molecule has 4 N–H and O–H groups in total. The van der Waals surface area contributed by atoms with Crippen LogP contribution in [0.15, 0.2) is 0 Å². The molecule has 17 heavy (non-hydrogen) atoms. The average molecular weight is 247 g/mol. The molecule has 0 aliphatic carbocycles. The van der Waals surface area contributed by atoms with Gasteiger partial charge in [0, 0.05) is 7.11 Å². The highest BCUT2D eigenvalue weighted by atomic mass is 16.7. The zero-order valence-corrected chi connectivity index (χ0v) is 10.5. The van der Waals surface area contributed by atoms with Gasteiger partial charge in [-0.2, -0.15) is 0 Å². The molecule has 0 aromatic heterocycles. The molecule has 0 radical (unpaired) electrons. The van der Waals surface area contributed by atoms with Crippen LogP contribution in [0.1, 0.15) is 13.8 Å². The molecule has 0 bridgehead atoms. The van der Waals surface area contributed by atoms with E-state index < -0.39 is 11.9 Å². The number of nitrogens with two attached hydrogens (primary N) is 1. The summed E-state index contributed by atoms with van der Waals surface area (Å²) in [5.41, 5.74) is 7.76. The Bertz CT molecular complexity index is 246. The van der Waals surface area contributed by atoms with Gasteiger partial charge >= 0.3 is 0 Å². The van der Waals surface area contributed by atoms with Gasteiger partial charge < -0.3 is 15.8 Å². The number of hydroxylamine groups is 1. The summed E-state index contributed by atoms with van der Waals surface area (Å²) in [5.74, 6) is -0.770. The summed E-state index contributed by atoms with van der Waals surface area (Å²) >= 11 is 0. The molecule has 2 amide bonds. The molecule has 0 spiro atoms. The Balaban J connectivity index is 3.66. The third-order valence-electron chi connectivity index (χ3n) is 2.02. The first kappa shape index (κ1) is 15.8. The number of carbonyl (C=O) groups excluding carboxylic acids is 2. The van der Waals surface area contributed by atoms with Gasteiger partial charge in [-0.1, -0.05) is 13.8 Å². The van der Waals surface area contributed by atoms with Gasteiger partial charge in [0.15, 0.2) is 0 Å². The number of rotatable bonds is 8. The summed E-state index contributed by atoms with van der Waals surface area (Å²) in [6, 6.07) is -0.614. The van der Waals surface area contributed by atoms with Crippen molar-refractivity contribution in [3.8, 4) is 0 Å². The molecule has 0 heterocycles. The van der Waals surface area contributed by atoms with Crippen LogP contribution in [-0.4, -0.2) is 44.7 Å². The number of hydrogen-bond donors (Lipinski definition) is 3. The van der Waals surface area contributed by atoms with Crippen molar-refractivity contribution >= 4 is 11.8 Å². The maximum Gasteiger partial charge on any atom is 0.262 e. The van der Waals surface area contributed by atoms with Gasteiger partial charge in [-0.05, 0) is 5.92 Å². The number of nitrogens with one attached hydrogen (secondary N) is 2. The van der Waals surface area contributed by atoms with Crippen LogP contribution in [0, 0.1) is 5.92 Å². The monoisotopic (exact) mass is 247 g/mol. The SMILES string of the molecule is COCCONC(=O)CNC(=O)[C@@H](N)C(C)C. The van der Waals surface area contributed by atoms with Crippen molar-refractivity contribution in [3.63, 3.8) is 0 Å². The molecule has 0 saturated heterocycles. The average Bonchev–Trinajstić information content (AvgIpc) is 2.30. The molecule has 7 heteroatoms. The molecular weight excluding hydrogens is 226 g/mol. The van der Waals surface area contributed by atoms with E-state index in [0.29, 0.717) is 6.61 Å². The third kappa shape index (κ3) is 7.67. The largest absolute Gasteiger partial charge is 0.382 e. The van der Waals surface area contributed by atoms with Crippen LogP contribution < -0.4 is 16.5 Å². The molecule has 0 unspecified atom stereocenters. The predicted molar refractivity (Wildman–Crippen MR) is 61.8 cm³/mol. The fourth-order valence-corrected chi connectivity index (χ4v) is 0.881. The van der Waals surface area contributed by atoms with E-state index >= 15 is 0 Å². The molecule has 0 fully saturated rings. The van der Waals surface area contributed by atoms with Gasteiger partial charge in [-0.3, -0.25) is 14.4 Å². The Morgan fingerprint density at radius 1 is 1.29 bits per heavy atom. The normalized spacial score (nSPS) is 12.3. The molecule has 1 atom stereocenters. The number of amides is 2. The number of methoxy groups -OCH3 is 1. The maximum absolute atomic E-state index is 11.4. The Morgan fingerprint density at radius 2 is 1.94 bits per heavy atom. The van der Waals surface area contributed by atoms with Gasteiger partial charge in [0.05, 0.1) is 25.8 Å². The second-order valence-corrected chi connectivity index (χ2v) is 3.85. The maximum atomic E-state index is 11.4. The molecule has 0 aromatic carbocycles. The molecule has 0 aromatic rings. The topological polar surface area (TPSA) is 103 Å². The molecule has 7 nitrogen and oxygen atoms in total. The van der Waals surface area contributed by atoms with Gasteiger partial charge in [0.1, 0.15) is 0 Å². The quantitative estimate of drug-likeness (QED) is 0.368. The first-order valence-electron chi connectivity index (χ1n) is 5.42. The van der Waals surface area contributed by atoms with Gasteiger partial charge in [0.2, 0.25) is 5.91 Å². The molecular formula is C10H21N3O4. The molecule has 0 saturated carbocycles. The third-order valence-corrected chi connectivity index (χ3v) is 2.02. The van der Waals surface area contributed by atoms with Crippen LogP contribution in [0.5, 0.6) is 0 Å². The fourth-order valence-electron chi connectivity index (χ4n) is 0.881. The number of hydrogen-bond acceptors (Lipinski definition) is 5.